The van der Waals surface area contributed by atoms with Crippen LogP contribution in [-0.2, 0) is 30.8 Å². The molecule has 3 rings (SSSR count). The number of benzene rings is 1. The molecule has 1 aromatic carbocycles. The predicted octanol–water partition coefficient (Wildman–Crippen LogP) is 1.05. The van der Waals surface area contributed by atoms with Gasteiger partial charge in [-0.05, 0) is 24.1 Å². The maximum atomic E-state index is 12.5. The molecule has 7 nitrogen and oxygen atoms in total. The van der Waals surface area contributed by atoms with Gasteiger partial charge >= 0.3 is 5.69 Å². The van der Waals surface area contributed by atoms with Crippen molar-refractivity contribution >= 4 is 5.91 Å². The van der Waals surface area contributed by atoms with Gasteiger partial charge in [0.15, 0.2) is 5.82 Å². The van der Waals surface area contributed by atoms with Crippen LogP contribution in [0.2, 0.25) is 0 Å². The van der Waals surface area contributed by atoms with Crippen molar-refractivity contribution in [2.45, 2.75) is 39.4 Å². The van der Waals surface area contributed by atoms with E-state index in [9.17, 15) is 9.59 Å². The molecule has 2 aromatic rings. The van der Waals surface area contributed by atoms with Gasteiger partial charge in [0, 0.05) is 19.6 Å². The Bertz CT molecular complexity index is 776. The first-order chi connectivity index (χ1) is 11.6. The summed E-state index contributed by atoms with van der Waals surface area (Å²) in [6.07, 6.45) is 1.19. The molecule has 0 bridgehead atoms. The van der Waals surface area contributed by atoms with Crippen molar-refractivity contribution in [1.82, 2.24) is 19.2 Å². The van der Waals surface area contributed by atoms with E-state index in [1.54, 1.807) is 16.6 Å². The van der Waals surface area contributed by atoms with E-state index in [4.69, 9.17) is 4.74 Å². The van der Waals surface area contributed by atoms with Crippen LogP contribution < -0.4 is 10.4 Å². The third kappa shape index (κ3) is 3.20. The third-order valence-electron chi connectivity index (χ3n) is 4.23. The summed E-state index contributed by atoms with van der Waals surface area (Å²) in [5.74, 6) is 1.49. The number of aryl methyl sites for hydroxylation is 1. The lowest BCUT2D eigenvalue weighted by Crippen LogP contribution is -2.41. The highest BCUT2D eigenvalue weighted by Crippen LogP contribution is 2.14. The van der Waals surface area contributed by atoms with Crippen LogP contribution >= 0.6 is 0 Å². The second kappa shape index (κ2) is 6.90. The molecule has 1 aliphatic heterocycles. The van der Waals surface area contributed by atoms with Gasteiger partial charge in [-0.3, -0.25) is 9.36 Å². The van der Waals surface area contributed by atoms with E-state index < -0.39 is 0 Å². The molecule has 2 heterocycles. The summed E-state index contributed by atoms with van der Waals surface area (Å²) in [5, 5.41) is 4.36. The molecule has 0 saturated heterocycles. The van der Waals surface area contributed by atoms with Gasteiger partial charge in [-0.15, -0.1) is 0 Å². The second-order valence-electron chi connectivity index (χ2n) is 5.91. The topological polar surface area (TPSA) is 69.4 Å². The minimum atomic E-state index is -0.0749. The zero-order chi connectivity index (χ0) is 17.1. The van der Waals surface area contributed by atoms with E-state index >= 15 is 0 Å². The van der Waals surface area contributed by atoms with Crippen molar-refractivity contribution in [3.8, 4) is 5.75 Å². The second-order valence-corrected chi connectivity index (χ2v) is 5.91. The van der Waals surface area contributed by atoms with Crippen molar-refractivity contribution in [3.05, 3.63) is 46.1 Å². The summed E-state index contributed by atoms with van der Waals surface area (Å²) in [6.45, 7) is 4.06. The van der Waals surface area contributed by atoms with E-state index in [0.717, 1.165) is 17.7 Å². The maximum Gasteiger partial charge on any atom is 0.346 e. The summed E-state index contributed by atoms with van der Waals surface area (Å²) in [4.78, 5) is 26.5. The summed E-state index contributed by atoms with van der Waals surface area (Å²) < 4.78 is 8.29. The normalized spacial score (nSPS) is 13.7. The Kier molecular flexibility index (Phi) is 4.69. The number of hydrogen-bond donors (Lipinski definition) is 0. The zero-order valence-corrected chi connectivity index (χ0v) is 14.1. The molecule has 1 aliphatic rings. The van der Waals surface area contributed by atoms with Gasteiger partial charge in [-0.2, -0.15) is 5.10 Å². The van der Waals surface area contributed by atoms with Crippen LogP contribution in [0.15, 0.2) is 29.1 Å². The molecule has 0 N–H and O–H groups in total. The Morgan fingerprint density at radius 3 is 2.67 bits per heavy atom. The van der Waals surface area contributed by atoms with Crippen LogP contribution in [0.3, 0.4) is 0 Å². The number of fused-ring (bicyclic) bond motifs is 1. The van der Waals surface area contributed by atoms with Crippen molar-refractivity contribution in [1.29, 1.82) is 0 Å². The lowest BCUT2D eigenvalue weighted by atomic mass is 10.1. The minimum absolute atomic E-state index is 0.0453. The fourth-order valence-corrected chi connectivity index (χ4v) is 2.90. The molecule has 0 fully saturated rings. The Morgan fingerprint density at radius 2 is 2.00 bits per heavy atom. The summed E-state index contributed by atoms with van der Waals surface area (Å²) >= 11 is 0. The van der Waals surface area contributed by atoms with Gasteiger partial charge in [0.05, 0.1) is 20.1 Å². The maximum absolute atomic E-state index is 12.5. The smallest absolute Gasteiger partial charge is 0.346 e. The van der Waals surface area contributed by atoms with E-state index in [0.29, 0.717) is 38.4 Å². The monoisotopic (exact) mass is 330 g/mol. The number of nitrogens with zero attached hydrogens (tertiary/aromatic N) is 4. The molecule has 0 unspecified atom stereocenters. The van der Waals surface area contributed by atoms with Gasteiger partial charge in [-0.25, -0.2) is 9.48 Å². The van der Waals surface area contributed by atoms with Gasteiger partial charge < -0.3 is 9.64 Å². The number of carbonyl (C=O) groups is 1. The van der Waals surface area contributed by atoms with Gasteiger partial charge in [0.1, 0.15) is 5.75 Å². The molecule has 0 aliphatic carbocycles. The molecule has 0 saturated carbocycles. The zero-order valence-electron chi connectivity index (χ0n) is 14.1. The number of rotatable bonds is 5. The lowest BCUT2D eigenvalue weighted by molar-refractivity contribution is -0.132. The summed E-state index contributed by atoms with van der Waals surface area (Å²) in [7, 11) is 1.62. The average Bonchev–Trinajstić information content (AvgIpc) is 2.91. The highest BCUT2D eigenvalue weighted by atomic mass is 16.5. The SMILES string of the molecule is CCCn1nc2n(c1=O)CCN(C(=O)Cc1ccc(OC)cc1)C2. The van der Waals surface area contributed by atoms with Crippen LogP contribution in [0.5, 0.6) is 5.75 Å². The lowest BCUT2D eigenvalue weighted by Gasteiger charge is -2.26. The first-order valence-corrected chi connectivity index (χ1v) is 8.19. The van der Waals surface area contributed by atoms with Crippen LogP contribution in [0, 0.1) is 0 Å². The number of carbonyl (C=O) groups excluding carboxylic acids is 1. The van der Waals surface area contributed by atoms with Crippen molar-refractivity contribution in [2.75, 3.05) is 13.7 Å². The molecule has 1 aromatic heterocycles. The first kappa shape index (κ1) is 16.3. The van der Waals surface area contributed by atoms with Crippen LogP contribution in [0.1, 0.15) is 24.7 Å². The van der Waals surface area contributed by atoms with E-state index in [1.807, 2.05) is 31.2 Å². The predicted molar refractivity (Wildman–Crippen MR) is 88.9 cm³/mol. The number of ether oxygens (including phenoxy) is 1. The highest BCUT2D eigenvalue weighted by molar-refractivity contribution is 5.78. The third-order valence-corrected chi connectivity index (χ3v) is 4.23. The fraction of sp³-hybridized carbons (Fsp3) is 0.471. The van der Waals surface area contributed by atoms with E-state index in [-0.39, 0.29) is 11.6 Å². The molecule has 0 atom stereocenters. The van der Waals surface area contributed by atoms with Gasteiger partial charge in [-0.1, -0.05) is 19.1 Å². The first-order valence-electron chi connectivity index (χ1n) is 8.19. The number of amides is 1. The molecule has 1 amide bonds. The van der Waals surface area contributed by atoms with Crippen molar-refractivity contribution in [3.63, 3.8) is 0 Å². The highest BCUT2D eigenvalue weighted by Gasteiger charge is 2.24. The molecule has 0 spiro atoms. The van der Waals surface area contributed by atoms with E-state index in [2.05, 4.69) is 5.10 Å². The van der Waals surface area contributed by atoms with Gasteiger partial charge in [0.25, 0.3) is 0 Å². The Morgan fingerprint density at radius 1 is 1.25 bits per heavy atom. The molecule has 24 heavy (non-hydrogen) atoms. The Balaban J connectivity index is 1.69. The van der Waals surface area contributed by atoms with E-state index in [1.165, 1.54) is 4.68 Å². The average molecular weight is 330 g/mol. The molecular formula is C17H22N4O3. The minimum Gasteiger partial charge on any atom is -0.497 e. The Labute approximate surface area is 140 Å². The fourth-order valence-electron chi connectivity index (χ4n) is 2.90. The quantitative estimate of drug-likeness (QED) is 0.822. The summed E-state index contributed by atoms with van der Waals surface area (Å²) in [6, 6.07) is 7.49. The number of methoxy groups -OCH3 is 1. The van der Waals surface area contributed by atoms with Crippen LogP contribution in [-0.4, -0.2) is 38.8 Å². The standard InChI is InChI=1S/C17H22N4O3/c1-3-8-21-17(23)20-10-9-19(12-15(20)18-21)16(22)11-13-4-6-14(24-2)7-5-13/h4-7H,3,8-12H2,1-2H3. The molecule has 128 valence electrons. The van der Waals surface area contributed by atoms with Gasteiger partial charge in [0.2, 0.25) is 5.91 Å². The largest absolute Gasteiger partial charge is 0.497 e. The number of hydrogen-bond acceptors (Lipinski definition) is 4. The van der Waals surface area contributed by atoms with Crippen molar-refractivity contribution < 1.29 is 9.53 Å². The number of aromatic nitrogens is 3. The Hall–Kier alpha value is -2.57. The summed E-state index contributed by atoms with van der Waals surface area (Å²) in [5.41, 5.74) is 0.870. The van der Waals surface area contributed by atoms with Crippen molar-refractivity contribution in [2.24, 2.45) is 0 Å². The van der Waals surface area contributed by atoms with Crippen LogP contribution in [0.25, 0.3) is 0 Å². The van der Waals surface area contributed by atoms with Crippen LogP contribution in [0.4, 0.5) is 0 Å². The molecule has 0 radical (unpaired) electrons. The molecule has 7 heteroatoms. The molecular weight excluding hydrogens is 308 g/mol.